The van der Waals surface area contributed by atoms with E-state index >= 15 is 0 Å². The summed E-state index contributed by atoms with van der Waals surface area (Å²) in [5, 5.41) is 3.93. The lowest BCUT2D eigenvalue weighted by molar-refractivity contribution is -0.133. The molecule has 4 aromatic rings. The first-order valence-corrected chi connectivity index (χ1v) is 10.4. The highest BCUT2D eigenvalue weighted by Gasteiger charge is 2.26. The Morgan fingerprint density at radius 3 is 2.90 bits per heavy atom. The number of imidazole rings is 1. The number of likely N-dealkylation sites (tertiary alicyclic amines) is 1. The largest absolute Gasteiger partial charge is 0.341 e. The number of para-hydroxylation sites is 2. The van der Waals surface area contributed by atoms with E-state index in [2.05, 4.69) is 15.1 Å². The molecule has 0 spiro atoms. The highest BCUT2D eigenvalue weighted by atomic mass is 19.1. The Bertz CT molecular complexity index is 1220. The van der Waals surface area contributed by atoms with Gasteiger partial charge in [0.2, 0.25) is 17.6 Å². The van der Waals surface area contributed by atoms with Gasteiger partial charge in [0.15, 0.2) is 0 Å². The number of piperidine rings is 1. The fourth-order valence-corrected chi connectivity index (χ4v) is 4.18. The van der Waals surface area contributed by atoms with E-state index in [0.29, 0.717) is 24.4 Å². The van der Waals surface area contributed by atoms with Crippen molar-refractivity contribution in [2.45, 2.75) is 25.8 Å². The third-order valence-electron chi connectivity index (χ3n) is 5.75. The summed E-state index contributed by atoms with van der Waals surface area (Å²) in [7, 11) is 0. The summed E-state index contributed by atoms with van der Waals surface area (Å²) < 4.78 is 21.2. The van der Waals surface area contributed by atoms with Gasteiger partial charge in [-0.25, -0.2) is 9.37 Å². The van der Waals surface area contributed by atoms with Crippen molar-refractivity contribution in [3.63, 3.8) is 0 Å². The van der Waals surface area contributed by atoms with Crippen molar-refractivity contribution in [3.05, 3.63) is 66.6 Å². The zero-order chi connectivity index (χ0) is 21.2. The molecule has 0 N–H and O–H groups in total. The van der Waals surface area contributed by atoms with E-state index in [4.69, 9.17) is 4.52 Å². The molecule has 2 aromatic carbocycles. The normalized spacial score (nSPS) is 16.7. The van der Waals surface area contributed by atoms with Gasteiger partial charge in [0.05, 0.1) is 22.9 Å². The minimum absolute atomic E-state index is 0.0745. The number of halogens is 1. The molecule has 1 amide bonds. The van der Waals surface area contributed by atoms with Crippen molar-refractivity contribution in [3.8, 4) is 11.4 Å². The van der Waals surface area contributed by atoms with Crippen molar-refractivity contribution in [2.24, 2.45) is 5.92 Å². The van der Waals surface area contributed by atoms with Gasteiger partial charge in [-0.2, -0.15) is 4.98 Å². The van der Waals surface area contributed by atoms with E-state index in [-0.39, 0.29) is 30.0 Å². The highest BCUT2D eigenvalue weighted by Crippen LogP contribution is 2.24. The molecule has 2 aromatic heterocycles. The molecule has 1 aliphatic rings. The van der Waals surface area contributed by atoms with E-state index in [1.807, 2.05) is 33.7 Å². The smallest absolute Gasteiger partial charge is 0.242 e. The third kappa shape index (κ3) is 4.05. The predicted octanol–water partition coefficient (Wildman–Crippen LogP) is 3.71. The second kappa shape index (κ2) is 8.29. The Morgan fingerprint density at radius 1 is 1.16 bits per heavy atom. The molecule has 0 radical (unpaired) electrons. The molecule has 1 aliphatic heterocycles. The minimum atomic E-state index is -0.378. The van der Waals surface area contributed by atoms with Crippen LogP contribution in [0.2, 0.25) is 0 Å². The third-order valence-corrected chi connectivity index (χ3v) is 5.75. The van der Waals surface area contributed by atoms with Crippen LogP contribution in [0.1, 0.15) is 18.7 Å². The number of aromatic nitrogens is 4. The Kier molecular flexibility index (Phi) is 5.19. The highest BCUT2D eigenvalue weighted by molar-refractivity contribution is 5.80. The lowest BCUT2D eigenvalue weighted by atomic mass is 9.94. The number of hydrogen-bond acceptors (Lipinski definition) is 5. The fourth-order valence-electron chi connectivity index (χ4n) is 4.18. The lowest BCUT2D eigenvalue weighted by Gasteiger charge is -2.32. The summed E-state index contributed by atoms with van der Waals surface area (Å²) in [6.07, 6.45) is 4.19. The summed E-state index contributed by atoms with van der Waals surface area (Å²) in [5.41, 5.74) is 2.16. The Labute approximate surface area is 178 Å². The van der Waals surface area contributed by atoms with Crippen molar-refractivity contribution >= 4 is 16.9 Å². The number of nitrogens with zero attached hydrogens (tertiary/aromatic N) is 5. The van der Waals surface area contributed by atoms with Gasteiger partial charge < -0.3 is 14.0 Å². The van der Waals surface area contributed by atoms with Crippen LogP contribution < -0.4 is 0 Å². The van der Waals surface area contributed by atoms with E-state index in [1.54, 1.807) is 24.5 Å². The molecule has 1 atom stereocenters. The van der Waals surface area contributed by atoms with Gasteiger partial charge >= 0.3 is 0 Å². The van der Waals surface area contributed by atoms with Gasteiger partial charge in [-0.1, -0.05) is 29.4 Å². The number of rotatable bonds is 5. The Morgan fingerprint density at radius 2 is 2.00 bits per heavy atom. The Hall–Kier alpha value is -3.55. The van der Waals surface area contributed by atoms with Crippen LogP contribution in [0.3, 0.4) is 0 Å². The first kappa shape index (κ1) is 19.4. The van der Waals surface area contributed by atoms with E-state index in [0.717, 1.165) is 30.4 Å². The molecule has 31 heavy (non-hydrogen) atoms. The predicted molar refractivity (Wildman–Crippen MR) is 112 cm³/mol. The molecule has 0 aliphatic carbocycles. The first-order valence-electron chi connectivity index (χ1n) is 10.4. The molecule has 0 unspecified atom stereocenters. The number of carbonyl (C=O) groups excluding carboxylic acids is 1. The molecule has 0 bridgehead atoms. The zero-order valence-corrected chi connectivity index (χ0v) is 16.9. The molecule has 5 rings (SSSR count). The molecular formula is C23H22FN5O2. The minimum Gasteiger partial charge on any atom is -0.341 e. The van der Waals surface area contributed by atoms with Crippen LogP contribution in [0.4, 0.5) is 4.39 Å². The SMILES string of the molecule is O=C(Cn1cnc2ccccc21)N1CCC[C@H](Cc2nc(-c3ccccc3F)no2)C1. The average Bonchev–Trinajstić information content (AvgIpc) is 3.42. The molecule has 3 heterocycles. The maximum absolute atomic E-state index is 14.0. The lowest BCUT2D eigenvalue weighted by Crippen LogP contribution is -2.42. The molecule has 158 valence electrons. The summed E-state index contributed by atoms with van der Waals surface area (Å²) in [6.45, 7) is 1.65. The summed E-state index contributed by atoms with van der Waals surface area (Å²) in [4.78, 5) is 23.5. The van der Waals surface area contributed by atoms with E-state index in [9.17, 15) is 9.18 Å². The summed E-state index contributed by atoms with van der Waals surface area (Å²) in [6, 6.07) is 14.2. The standard InChI is InChI=1S/C23H22FN5O2/c24-18-8-2-1-7-17(18)23-26-21(31-27-23)12-16-6-5-11-28(13-16)22(30)14-29-15-25-19-9-3-4-10-20(19)29/h1-4,7-10,15-16H,5-6,11-14H2/t16-/m1/s1. The van der Waals surface area contributed by atoms with Gasteiger partial charge in [-0.3, -0.25) is 4.79 Å². The number of amides is 1. The topological polar surface area (TPSA) is 77.1 Å². The second-order valence-corrected chi connectivity index (χ2v) is 7.90. The van der Waals surface area contributed by atoms with Gasteiger partial charge in [0, 0.05) is 19.5 Å². The summed E-state index contributed by atoms with van der Waals surface area (Å²) >= 11 is 0. The van der Waals surface area contributed by atoms with Crippen molar-refractivity contribution in [1.82, 2.24) is 24.6 Å². The van der Waals surface area contributed by atoms with Gasteiger partial charge in [0.1, 0.15) is 12.4 Å². The summed E-state index contributed by atoms with van der Waals surface area (Å²) in [5.74, 6) is 0.648. The van der Waals surface area contributed by atoms with Crippen LogP contribution in [0.25, 0.3) is 22.4 Å². The number of hydrogen-bond donors (Lipinski definition) is 0. The van der Waals surface area contributed by atoms with Crippen LogP contribution in [-0.4, -0.2) is 43.6 Å². The number of carbonyl (C=O) groups is 1. The van der Waals surface area contributed by atoms with Crippen LogP contribution in [0.5, 0.6) is 0 Å². The Balaban J connectivity index is 1.23. The van der Waals surface area contributed by atoms with E-state index < -0.39 is 0 Å². The maximum atomic E-state index is 14.0. The quantitative estimate of drug-likeness (QED) is 0.493. The van der Waals surface area contributed by atoms with Crippen LogP contribution in [0.15, 0.2) is 59.4 Å². The molecular weight excluding hydrogens is 397 g/mol. The van der Waals surface area contributed by atoms with Crippen LogP contribution in [0, 0.1) is 11.7 Å². The molecule has 1 saturated heterocycles. The van der Waals surface area contributed by atoms with E-state index in [1.165, 1.54) is 6.07 Å². The maximum Gasteiger partial charge on any atom is 0.242 e. The number of fused-ring (bicyclic) bond motifs is 1. The van der Waals surface area contributed by atoms with Crippen LogP contribution in [-0.2, 0) is 17.8 Å². The monoisotopic (exact) mass is 419 g/mol. The van der Waals surface area contributed by atoms with Crippen molar-refractivity contribution < 1.29 is 13.7 Å². The first-order chi connectivity index (χ1) is 15.2. The zero-order valence-electron chi connectivity index (χ0n) is 16.9. The molecule has 1 fully saturated rings. The van der Waals surface area contributed by atoms with Gasteiger partial charge in [-0.15, -0.1) is 0 Å². The second-order valence-electron chi connectivity index (χ2n) is 7.90. The fraction of sp³-hybridized carbons (Fsp3) is 0.304. The van der Waals surface area contributed by atoms with Crippen molar-refractivity contribution in [2.75, 3.05) is 13.1 Å². The number of benzene rings is 2. The molecule has 8 heteroatoms. The van der Waals surface area contributed by atoms with Crippen LogP contribution >= 0.6 is 0 Å². The van der Waals surface area contributed by atoms with Gasteiger partial charge in [0.25, 0.3) is 0 Å². The van der Waals surface area contributed by atoms with Crippen molar-refractivity contribution in [1.29, 1.82) is 0 Å². The molecule has 7 nitrogen and oxygen atoms in total. The average molecular weight is 419 g/mol. The van der Waals surface area contributed by atoms with Gasteiger partial charge in [-0.05, 0) is 43.0 Å². The molecule has 0 saturated carbocycles.